The van der Waals surface area contributed by atoms with Crippen LogP contribution in [0.4, 0.5) is 0 Å². The monoisotopic (exact) mass is 1010 g/mol. The minimum Gasteiger partial charge on any atom is -0.490 e. The van der Waals surface area contributed by atoms with E-state index < -0.39 is 7.37 Å². The average molecular weight is 1010 g/mol. The van der Waals surface area contributed by atoms with Crippen LogP contribution in [0, 0.1) is 0 Å². The molecule has 1 aromatic heterocycles. The van der Waals surface area contributed by atoms with Gasteiger partial charge in [-0.3, -0.25) is 4.57 Å². The van der Waals surface area contributed by atoms with Gasteiger partial charge in [-0.25, -0.2) is 4.68 Å². The molecule has 0 fully saturated rings. The van der Waals surface area contributed by atoms with Crippen LogP contribution in [0.25, 0.3) is 0 Å². The second kappa shape index (κ2) is 46.6. The maximum atomic E-state index is 12.1. The number of benzene rings is 1. The molecule has 0 aliphatic carbocycles. The third kappa shape index (κ3) is 36.7. The summed E-state index contributed by atoms with van der Waals surface area (Å²) in [5.41, 5.74) is 1.80. The molecule has 0 saturated heterocycles. The molecule has 0 aliphatic rings. The maximum absolute atomic E-state index is 12.1. The predicted octanol–water partition coefficient (Wildman–Crippen LogP) is 15.7. The molecule has 12 nitrogen and oxygen atoms in total. The van der Waals surface area contributed by atoms with Crippen molar-refractivity contribution in [1.82, 2.24) is 15.0 Å². The first-order valence-corrected chi connectivity index (χ1v) is 31.1. The molecule has 1 atom stereocenters. The summed E-state index contributed by atoms with van der Waals surface area (Å²) in [7, 11) is -2.56. The number of hydrogen-bond acceptors (Lipinski definition) is 11. The number of hydrogen-bond donors (Lipinski definition) is 0. The zero-order valence-corrected chi connectivity index (χ0v) is 46.7. The van der Waals surface area contributed by atoms with Crippen molar-refractivity contribution in [3.8, 4) is 17.2 Å². The summed E-state index contributed by atoms with van der Waals surface area (Å²) >= 11 is 0. The molecule has 408 valence electrons. The molecule has 70 heavy (non-hydrogen) atoms. The number of aromatic nitrogens is 3. The third-order valence-electron chi connectivity index (χ3n) is 12.7. The minimum absolute atomic E-state index is 0.345. The first-order chi connectivity index (χ1) is 34.4. The van der Waals surface area contributed by atoms with Crippen LogP contribution < -0.4 is 14.2 Å². The molecule has 2 aromatic rings. The first-order valence-electron chi connectivity index (χ1n) is 28.9. The van der Waals surface area contributed by atoms with Crippen LogP contribution in [0.3, 0.4) is 0 Å². The van der Waals surface area contributed by atoms with E-state index >= 15 is 0 Å². The Kier molecular flexibility index (Phi) is 42.5. The van der Waals surface area contributed by atoms with Crippen molar-refractivity contribution in [3.63, 3.8) is 0 Å². The fraction of sp³-hybridized carbons (Fsp3) is 0.860. The topological polar surface area (TPSA) is 122 Å². The Hall–Kier alpha value is -2.21. The molecular formula is C57H106N3O9P. The Bertz CT molecular complexity index is 1450. The summed E-state index contributed by atoms with van der Waals surface area (Å²) in [6.45, 7) is 16.7. The quantitative estimate of drug-likeness (QED) is 0.0465. The van der Waals surface area contributed by atoms with E-state index in [1.165, 1.54) is 173 Å². The molecule has 0 saturated carbocycles. The fourth-order valence-electron chi connectivity index (χ4n) is 8.46. The second-order valence-corrected chi connectivity index (χ2v) is 22.2. The molecule has 2 rings (SSSR count). The minimum atomic E-state index is -2.56. The van der Waals surface area contributed by atoms with Crippen molar-refractivity contribution in [2.75, 3.05) is 85.5 Å². The Morgan fingerprint density at radius 1 is 0.457 bits per heavy atom. The molecule has 1 unspecified atom stereocenters. The number of ether oxygens (including phenoxy) is 7. The van der Waals surface area contributed by atoms with Crippen LogP contribution in [-0.4, -0.2) is 100 Å². The van der Waals surface area contributed by atoms with Gasteiger partial charge < -0.3 is 37.7 Å². The number of unbranched alkanes of at least 4 members (excludes halogenated alkanes) is 27. The summed E-state index contributed by atoms with van der Waals surface area (Å²) in [6, 6.07) is 4.25. The summed E-state index contributed by atoms with van der Waals surface area (Å²) in [4.78, 5) is 0. The van der Waals surface area contributed by atoms with E-state index in [9.17, 15) is 4.57 Å². The lowest BCUT2D eigenvalue weighted by atomic mass is 10.1. The van der Waals surface area contributed by atoms with Crippen LogP contribution in [0.15, 0.2) is 18.3 Å². The van der Waals surface area contributed by atoms with Crippen molar-refractivity contribution in [3.05, 3.63) is 29.6 Å². The summed E-state index contributed by atoms with van der Waals surface area (Å²) in [5.74, 6) is 2.28. The van der Waals surface area contributed by atoms with Crippen molar-refractivity contribution in [2.24, 2.45) is 0 Å². The van der Waals surface area contributed by atoms with E-state index in [0.29, 0.717) is 92.0 Å². The summed E-state index contributed by atoms with van der Waals surface area (Å²) < 4.78 is 61.8. The highest BCUT2D eigenvalue weighted by molar-refractivity contribution is 7.58. The van der Waals surface area contributed by atoms with Crippen molar-refractivity contribution >= 4 is 7.37 Å². The third-order valence-corrected chi connectivity index (χ3v) is 14.5. The summed E-state index contributed by atoms with van der Waals surface area (Å²) in [5, 5.41) is 8.86. The Labute approximate surface area is 428 Å². The van der Waals surface area contributed by atoms with E-state index in [1.54, 1.807) is 6.66 Å². The van der Waals surface area contributed by atoms with E-state index in [1.807, 2.05) is 17.8 Å². The Balaban J connectivity index is 1.97. The van der Waals surface area contributed by atoms with Crippen LogP contribution in [0.1, 0.15) is 232 Å². The Morgan fingerprint density at radius 2 is 0.829 bits per heavy atom. The van der Waals surface area contributed by atoms with Gasteiger partial charge in [0.05, 0.1) is 92.0 Å². The van der Waals surface area contributed by atoms with Gasteiger partial charge in [-0.1, -0.05) is 199 Å². The molecule has 0 bridgehead atoms. The number of nitrogens with zero attached hydrogens (tertiary/aromatic N) is 3. The average Bonchev–Trinajstić information content (AvgIpc) is 3.80. The van der Waals surface area contributed by atoms with Crippen molar-refractivity contribution in [1.29, 1.82) is 0 Å². The van der Waals surface area contributed by atoms with Crippen molar-refractivity contribution in [2.45, 2.75) is 233 Å². The highest BCUT2D eigenvalue weighted by Crippen LogP contribution is 2.42. The first kappa shape index (κ1) is 63.9. The highest BCUT2D eigenvalue weighted by Gasteiger charge is 2.18. The second-order valence-electron chi connectivity index (χ2n) is 19.5. The normalized spacial score (nSPS) is 12.5. The van der Waals surface area contributed by atoms with Crippen molar-refractivity contribution < 1.29 is 42.2 Å². The lowest BCUT2D eigenvalue weighted by molar-refractivity contribution is -0.00319. The standard InChI is InChI=1S/C57H106N3O9P/c1-6-10-13-16-19-22-25-28-31-34-37-66-55-48-53(50-60-51-54(58-59-60)52-65-45-44-63-41-40-62-42-43-64-46-47-70(5,61)69-9-4)49-56(67-38-35-32-29-26-23-20-17-14-11-7-2)57(55)68-39-36-33-30-27-24-21-18-15-12-8-3/h48-49,51H,6-47,50,52H2,1-5H3. The smallest absolute Gasteiger partial charge is 0.203 e. The van der Waals surface area contributed by atoms with Gasteiger partial charge in [0.2, 0.25) is 13.1 Å². The van der Waals surface area contributed by atoms with Gasteiger partial charge in [0.15, 0.2) is 11.5 Å². The molecule has 0 spiro atoms. The van der Waals surface area contributed by atoms with E-state index in [2.05, 4.69) is 43.2 Å². The fourth-order valence-corrected chi connectivity index (χ4v) is 9.60. The van der Waals surface area contributed by atoms with E-state index in [4.69, 9.17) is 37.7 Å². The zero-order valence-electron chi connectivity index (χ0n) is 45.8. The van der Waals surface area contributed by atoms with Crippen LogP contribution in [-0.2, 0) is 41.2 Å². The van der Waals surface area contributed by atoms with Crippen LogP contribution in [0.2, 0.25) is 0 Å². The van der Waals surface area contributed by atoms with Crippen LogP contribution >= 0.6 is 7.37 Å². The van der Waals surface area contributed by atoms with E-state index in [-0.39, 0.29) is 0 Å². The maximum Gasteiger partial charge on any atom is 0.203 e. The van der Waals surface area contributed by atoms with E-state index in [0.717, 1.165) is 47.8 Å². The van der Waals surface area contributed by atoms with Gasteiger partial charge in [-0.05, 0) is 43.9 Å². The van der Waals surface area contributed by atoms with Gasteiger partial charge in [0.25, 0.3) is 0 Å². The largest absolute Gasteiger partial charge is 0.490 e. The van der Waals surface area contributed by atoms with Gasteiger partial charge in [0, 0.05) is 12.8 Å². The molecular weight excluding hydrogens is 902 g/mol. The predicted molar refractivity (Wildman–Crippen MR) is 290 cm³/mol. The lowest BCUT2D eigenvalue weighted by Crippen LogP contribution is -2.13. The van der Waals surface area contributed by atoms with Gasteiger partial charge in [0.1, 0.15) is 5.69 Å². The SMILES string of the molecule is CCCCCCCCCCCCOc1cc(Cn2cc(COCCOCCOCCOCCP(C)(=O)OCC)nn2)cc(OCCCCCCCCCCCC)c1OCCCCCCCCCCCC. The molecule has 0 N–H and O–H groups in total. The molecule has 1 aromatic carbocycles. The molecule has 1 heterocycles. The van der Waals surface area contributed by atoms with Gasteiger partial charge in [-0.15, -0.1) is 5.10 Å². The Morgan fingerprint density at radius 3 is 1.24 bits per heavy atom. The molecule has 0 amide bonds. The summed E-state index contributed by atoms with van der Waals surface area (Å²) in [6.07, 6.45) is 41.0. The van der Waals surface area contributed by atoms with Crippen LogP contribution in [0.5, 0.6) is 17.2 Å². The molecule has 13 heteroatoms. The number of rotatable bonds is 54. The lowest BCUT2D eigenvalue weighted by Gasteiger charge is -2.19. The molecule has 0 aliphatic heterocycles. The molecule has 0 radical (unpaired) electrons. The zero-order chi connectivity index (χ0) is 50.3. The van der Waals surface area contributed by atoms with Gasteiger partial charge >= 0.3 is 0 Å². The van der Waals surface area contributed by atoms with Gasteiger partial charge in [-0.2, -0.15) is 0 Å². The highest BCUT2D eigenvalue weighted by atomic mass is 31.2.